The quantitative estimate of drug-likeness (QED) is 0.833. The van der Waals surface area contributed by atoms with Gasteiger partial charge in [0.25, 0.3) is 0 Å². The van der Waals surface area contributed by atoms with Crippen LogP contribution in [0.2, 0.25) is 5.02 Å². The van der Waals surface area contributed by atoms with Gasteiger partial charge in [-0.3, -0.25) is 0 Å². The Morgan fingerprint density at radius 2 is 1.92 bits per heavy atom. The smallest absolute Gasteiger partial charge is 0.319 e. The summed E-state index contributed by atoms with van der Waals surface area (Å²) in [6.07, 6.45) is 0. The van der Waals surface area contributed by atoms with Crippen molar-refractivity contribution in [2.45, 2.75) is 19.9 Å². The van der Waals surface area contributed by atoms with Gasteiger partial charge >= 0.3 is 6.03 Å². The first-order chi connectivity index (χ1) is 11.5. The molecular weight excluding hydrogens is 328 g/mol. The molecule has 128 valence electrons. The van der Waals surface area contributed by atoms with Crippen molar-refractivity contribution in [3.8, 4) is 11.5 Å². The number of hydrogen-bond donors (Lipinski definition) is 2. The molecule has 24 heavy (non-hydrogen) atoms. The van der Waals surface area contributed by atoms with Crippen molar-refractivity contribution < 1.29 is 14.3 Å². The Morgan fingerprint density at radius 1 is 1.17 bits per heavy atom. The van der Waals surface area contributed by atoms with E-state index in [-0.39, 0.29) is 12.1 Å². The first kappa shape index (κ1) is 17.9. The summed E-state index contributed by atoms with van der Waals surface area (Å²) < 4.78 is 10.6. The monoisotopic (exact) mass is 348 g/mol. The molecule has 2 N–H and O–H groups in total. The lowest BCUT2D eigenvalue weighted by molar-refractivity contribution is 0.249. The standard InChI is InChI=1S/C18H21ClN2O3/c1-11-15(19)6-5-7-16(11)21-18(22)20-12(2)14-10-13(23-3)8-9-17(14)24-4/h5-10,12H,1-4H3,(H2,20,21,22). The van der Waals surface area contributed by atoms with Crippen LogP contribution in [0.4, 0.5) is 10.5 Å². The second kappa shape index (κ2) is 7.93. The Labute approximate surface area is 146 Å². The first-order valence-corrected chi connectivity index (χ1v) is 7.88. The third-order valence-corrected chi connectivity index (χ3v) is 4.18. The largest absolute Gasteiger partial charge is 0.497 e. The topological polar surface area (TPSA) is 59.6 Å². The molecule has 0 aliphatic heterocycles. The second-order valence-electron chi connectivity index (χ2n) is 5.34. The van der Waals surface area contributed by atoms with E-state index in [4.69, 9.17) is 21.1 Å². The van der Waals surface area contributed by atoms with Gasteiger partial charge in [0.2, 0.25) is 0 Å². The fraction of sp³-hybridized carbons (Fsp3) is 0.278. The Hall–Kier alpha value is -2.40. The average molecular weight is 349 g/mol. The number of halogens is 1. The summed E-state index contributed by atoms with van der Waals surface area (Å²) >= 11 is 6.07. The van der Waals surface area contributed by atoms with Gasteiger partial charge in [0.15, 0.2) is 0 Å². The molecule has 0 aliphatic rings. The van der Waals surface area contributed by atoms with Gasteiger partial charge in [-0.05, 0) is 49.7 Å². The van der Waals surface area contributed by atoms with Crippen molar-refractivity contribution in [2.75, 3.05) is 19.5 Å². The summed E-state index contributed by atoms with van der Waals surface area (Å²) in [5, 5.41) is 6.31. The number of hydrogen-bond acceptors (Lipinski definition) is 3. The maximum absolute atomic E-state index is 12.3. The second-order valence-corrected chi connectivity index (χ2v) is 5.75. The highest BCUT2D eigenvalue weighted by Crippen LogP contribution is 2.29. The lowest BCUT2D eigenvalue weighted by Crippen LogP contribution is -2.31. The molecule has 2 amide bonds. The highest BCUT2D eigenvalue weighted by molar-refractivity contribution is 6.31. The predicted octanol–water partition coefficient (Wildman–Crippen LogP) is 4.55. The molecule has 0 saturated carbocycles. The third kappa shape index (κ3) is 4.11. The van der Waals surface area contributed by atoms with Crippen LogP contribution in [0.3, 0.4) is 0 Å². The number of anilines is 1. The van der Waals surface area contributed by atoms with Crippen LogP contribution in [0, 0.1) is 6.92 Å². The summed E-state index contributed by atoms with van der Waals surface area (Å²) in [6, 6.07) is 10.2. The van der Waals surface area contributed by atoms with Crippen LogP contribution in [0.5, 0.6) is 11.5 Å². The zero-order chi connectivity index (χ0) is 17.7. The summed E-state index contributed by atoms with van der Waals surface area (Å²) in [6.45, 7) is 3.73. The summed E-state index contributed by atoms with van der Waals surface area (Å²) in [7, 11) is 3.19. The zero-order valence-corrected chi connectivity index (χ0v) is 14.9. The van der Waals surface area contributed by atoms with Crippen molar-refractivity contribution >= 4 is 23.3 Å². The Balaban J connectivity index is 2.13. The lowest BCUT2D eigenvalue weighted by Gasteiger charge is -2.19. The SMILES string of the molecule is COc1ccc(OC)c(C(C)NC(=O)Nc2cccc(Cl)c2C)c1. The summed E-state index contributed by atoms with van der Waals surface area (Å²) in [5.41, 5.74) is 2.32. The van der Waals surface area contributed by atoms with Crippen molar-refractivity contribution in [1.29, 1.82) is 0 Å². The highest BCUT2D eigenvalue weighted by Gasteiger charge is 2.16. The normalized spacial score (nSPS) is 11.5. The maximum atomic E-state index is 12.3. The van der Waals surface area contributed by atoms with E-state index in [1.54, 1.807) is 32.4 Å². The molecule has 1 unspecified atom stereocenters. The van der Waals surface area contributed by atoms with Crippen LogP contribution in [0.1, 0.15) is 24.1 Å². The number of carbonyl (C=O) groups is 1. The summed E-state index contributed by atoms with van der Waals surface area (Å²) in [5.74, 6) is 1.38. The van der Waals surface area contributed by atoms with Gasteiger partial charge in [-0.1, -0.05) is 17.7 Å². The number of methoxy groups -OCH3 is 2. The molecule has 0 aromatic heterocycles. The van der Waals surface area contributed by atoms with Crippen molar-refractivity contribution in [3.05, 3.63) is 52.5 Å². The number of urea groups is 1. The van der Waals surface area contributed by atoms with Crippen molar-refractivity contribution in [2.24, 2.45) is 0 Å². The molecule has 0 radical (unpaired) electrons. The number of ether oxygens (including phenoxy) is 2. The molecule has 5 nitrogen and oxygen atoms in total. The fourth-order valence-corrected chi connectivity index (χ4v) is 2.53. The van der Waals surface area contributed by atoms with Crippen LogP contribution in [0.15, 0.2) is 36.4 Å². The van der Waals surface area contributed by atoms with E-state index in [0.29, 0.717) is 22.2 Å². The molecule has 0 aliphatic carbocycles. The molecule has 0 bridgehead atoms. The van der Waals surface area contributed by atoms with E-state index in [1.807, 2.05) is 32.0 Å². The lowest BCUT2D eigenvalue weighted by atomic mass is 10.1. The molecule has 0 saturated heterocycles. The van der Waals surface area contributed by atoms with Crippen LogP contribution in [-0.4, -0.2) is 20.3 Å². The minimum atomic E-state index is -0.322. The summed E-state index contributed by atoms with van der Waals surface area (Å²) in [4.78, 5) is 12.3. The van der Waals surface area contributed by atoms with E-state index in [0.717, 1.165) is 11.1 Å². The van der Waals surface area contributed by atoms with Gasteiger partial charge in [0.1, 0.15) is 11.5 Å². The van der Waals surface area contributed by atoms with Crippen LogP contribution in [-0.2, 0) is 0 Å². The molecule has 0 spiro atoms. The van der Waals surface area contributed by atoms with E-state index < -0.39 is 0 Å². The van der Waals surface area contributed by atoms with Crippen LogP contribution >= 0.6 is 11.6 Å². The predicted molar refractivity (Wildman–Crippen MR) is 96.3 cm³/mol. The highest BCUT2D eigenvalue weighted by atomic mass is 35.5. The average Bonchev–Trinajstić information content (AvgIpc) is 2.58. The van der Waals surface area contributed by atoms with Crippen molar-refractivity contribution in [1.82, 2.24) is 5.32 Å². The minimum Gasteiger partial charge on any atom is -0.497 e. The van der Waals surface area contributed by atoms with E-state index >= 15 is 0 Å². The molecule has 1 atom stereocenters. The maximum Gasteiger partial charge on any atom is 0.319 e. The number of rotatable bonds is 5. The van der Waals surface area contributed by atoms with Gasteiger partial charge in [-0.15, -0.1) is 0 Å². The molecule has 0 fully saturated rings. The van der Waals surface area contributed by atoms with Gasteiger partial charge in [-0.25, -0.2) is 4.79 Å². The van der Waals surface area contributed by atoms with Crippen molar-refractivity contribution in [3.63, 3.8) is 0 Å². The molecule has 2 aromatic rings. The van der Waals surface area contributed by atoms with Gasteiger partial charge in [0.05, 0.1) is 20.3 Å². The zero-order valence-electron chi connectivity index (χ0n) is 14.1. The first-order valence-electron chi connectivity index (χ1n) is 7.50. The molecule has 2 aromatic carbocycles. The molecule has 0 heterocycles. The van der Waals surface area contributed by atoms with Crippen LogP contribution < -0.4 is 20.1 Å². The van der Waals surface area contributed by atoms with E-state index in [2.05, 4.69) is 10.6 Å². The van der Waals surface area contributed by atoms with Gasteiger partial charge in [-0.2, -0.15) is 0 Å². The third-order valence-electron chi connectivity index (χ3n) is 3.77. The Bertz CT molecular complexity index is 734. The van der Waals surface area contributed by atoms with Gasteiger partial charge in [0, 0.05) is 16.3 Å². The molecule has 2 rings (SSSR count). The van der Waals surface area contributed by atoms with Gasteiger partial charge < -0.3 is 20.1 Å². The fourth-order valence-electron chi connectivity index (χ4n) is 2.35. The molecule has 6 heteroatoms. The Morgan fingerprint density at radius 3 is 2.58 bits per heavy atom. The number of amides is 2. The van der Waals surface area contributed by atoms with E-state index in [1.165, 1.54) is 0 Å². The number of benzene rings is 2. The number of nitrogens with one attached hydrogen (secondary N) is 2. The van der Waals surface area contributed by atoms with Crippen LogP contribution in [0.25, 0.3) is 0 Å². The number of carbonyl (C=O) groups excluding carboxylic acids is 1. The molecular formula is C18H21ClN2O3. The Kier molecular flexibility index (Phi) is 5.93. The minimum absolute atomic E-state index is 0.269. The van der Waals surface area contributed by atoms with E-state index in [9.17, 15) is 4.79 Å².